The van der Waals surface area contributed by atoms with Crippen LogP contribution in [0.3, 0.4) is 0 Å². The summed E-state index contributed by atoms with van der Waals surface area (Å²) in [5.41, 5.74) is 1.92. The molecule has 29 heavy (non-hydrogen) atoms. The van der Waals surface area contributed by atoms with Gasteiger partial charge in [0, 0.05) is 18.3 Å². The zero-order chi connectivity index (χ0) is 21.1. The number of nitrogens with zero attached hydrogens (tertiary/aromatic N) is 1. The van der Waals surface area contributed by atoms with Gasteiger partial charge in [-0.15, -0.1) is 0 Å². The standard InChI is InChI=1S/C23H28N2O4/c1-4-25(5-2)15-16-29-23(27)19-10-12-20(13-11-19)24-22(26)14-9-18-7-6-8-21(17-18)28-3/h6-14,17H,4-5,15-16H2,1-3H3,(H,24,26)/b14-9+. The van der Waals surface area contributed by atoms with Crippen molar-refractivity contribution < 1.29 is 19.1 Å². The number of nitrogens with one attached hydrogen (secondary N) is 1. The fourth-order valence-electron chi connectivity index (χ4n) is 2.68. The maximum Gasteiger partial charge on any atom is 0.338 e. The van der Waals surface area contributed by atoms with Crippen molar-refractivity contribution >= 4 is 23.6 Å². The van der Waals surface area contributed by atoms with Gasteiger partial charge in [0.15, 0.2) is 0 Å². The third-order valence-corrected chi connectivity index (χ3v) is 4.44. The molecule has 0 fully saturated rings. The number of anilines is 1. The smallest absolute Gasteiger partial charge is 0.338 e. The van der Waals surface area contributed by atoms with Gasteiger partial charge in [0.25, 0.3) is 0 Å². The van der Waals surface area contributed by atoms with Crippen molar-refractivity contribution in [1.29, 1.82) is 0 Å². The van der Waals surface area contributed by atoms with Crippen LogP contribution >= 0.6 is 0 Å². The Labute approximate surface area is 172 Å². The second-order valence-electron chi connectivity index (χ2n) is 6.34. The van der Waals surface area contributed by atoms with Crippen LogP contribution in [0.15, 0.2) is 54.6 Å². The number of ether oxygens (including phenoxy) is 2. The Morgan fingerprint density at radius 2 is 1.79 bits per heavy atom. The fourth-order valence-corrected chi connectivity index (χ4v) is 2.68. The number of carbonyl (C=O) groups excluding carboxylic acids is 2. The summed E-state index contributed by atoms with van der Waals surface area (Å²) in [7, 11) is 1.60. The number of hydrogen-bond acceptors (Lipinski definition) is 5. The van der Waals surface area contributed by atoms with Crippen LogP contribution < -0.4 is 10.1 Å². The summed E-state index contributed by atoms with van der Waals surface area (Å²) in [6.45, 7) is 7.07. The average Bonchev–Trinajstić information content (AvgIpc) is 2.76. The van der Waals surface area contributed by atoms with E-state index in [1.807, 2.05) is 24.3 Å². The Bertz CT molecular complexity index is 827. The summed E-state index contributed by atoms with van der Waals surface area (Å²) in [6, 6.07) is 14.1. The first-order valence-electron chi connectivity index (χ1n) is 9.68. The van der Waals surface area contributed by atoms with Crippen molar-refractivity contribution in [3.05, 3.63) is 65.7 Å². The van der Waals surface area contributed by atoms with Gasteiger partial charge in [-0.2, -0.15) is 0 Å². The SMILES string of the molecule is CCN(CC)CCOC(=O)c1ccc(NC(=O)/C=C/c2cccc(OC)c2)cc1. The lowest BCUT2D eigenvalue weighted by molar-refractivity contribution is -0.111. The lowest BCUT2D eigenvalue weighted by atomic mass is 10.2. The molecule has 1 N–H and O–H groups in total. The Morgan fingerprint density at radius 1 is 1.07 bits per heavy atom. The van der Waals surface area contributed by atoms with Crippen LogP contribution in [-0.4, -0.2) is 50.1 Å². The maximum absolute atomic E-state index is 12.1. The molecule has 0 spiro atoms. The van der Waals surface area contributed by atoms with Crippen LogP contribution in [0.2, 0.25) is 0 Å². The van der Waals surface area contributed by atoms with E-state index < -0.39 is 0 Å². The number of likely N-dealkylation sites (N-methyl/N-ethyl adjacent to an activating group) is 1. The first kappa shape index (κ1) is 22.2. The summed E-state index contributed by atoms with van der Waals surface area (Å²) < 4.78 is 10.5. The topological polar surface area (TPSA) is 67.9 Å². The van der Waals surface area contributed by atoms with Crippen molar-refractivity contribution in [2.45, 2.75) is 13.8 Å². The summed E-state index contributed by atoms with van der Waals surface area (Å²) in [4.78, 5) is 26.4. The first-order chi connectivity index (χ1) is 14.0. The molecule has 2 aromatic rings. The lowest BCUT2D eigenvalue weighted by Crippen LogP contribution is -2.27. The average molecular weight is 396 g/mol. The van der Waals surface area contributed by atoms with Crippen LogP contribution in [0.1, 0.15) is 29.8 Å². The molecule has 154 valence electrons. The Kier molecular flexibility index (Phi) is 8.92. The first-order valence-corrected chi connectivity index (χ1v) is 9.68. The van der Waals surface area contributed by atoms with E-state index in [2.05, 4.69) is 24.1 Å². The third-order valence-electron chi connectivity index (χ3n) is 4.44. The van der Waals surface area contributed by atoms with Gasteiger partial charge >= 0.3 is 5.97 Å². The normalized spacial score (nSPS) is 10.9. The quantitative estimate of drug-likeness (QED) is 0.488. The molecule has 0 aromatic heterocycles. The second-order valence-corrected chi connectivity index (χ2v) is 6.34. The summed E-state index contributed by atoms with van der Waals surface area (Å²) >= 11 is 0. The van der Waals surface area contributed by atoms with E-state index in [0.717, 1.165) is 24.4 Å². The van der Waals surface area contributed by atoms with Gasteiger partial charge in [-0.25, -0.2) is 4.79 Å². The lowest BCUT2D eigenvalue weighted by Gasteiger charge is -2.17. The highest BCUT2D eigenvalue weighted by Gasteiger charge is 2.08. The van der Waals surface area contributed by atoms with E-state index in [1.165, 1.54) is 6.08 Å². The van der Waals surface area contributed by atoms with Crippen LogP contribution in [0, 0.1) is 0 Å². The van der Waals surface area contributed by atoms with E-state index in [-0.39, 0.29) is 11.9 Å². The van der Waals surface area contributed by atoms with Crippen LogP contribution in [0.25, 0.3) is 6.08 Å². The van der Waals surface area contributed by atoms with E-state index >= 15 is 0 Å². The Balaban J connectivity index is 1.85. The van der Waals surface area contributed by atoms with E-state index in [1.54, 1.807) is 37.5 Å². The molecule has 0 aliphatic rings. The molecule has 6 heteroatoms. The minimum absolute atomic E-state index is 0.262. The van der Waals surface area contributed by atoms with Crippen molar-refractivity contribution in [1.82, 2.24) is 4.90 Å². The predicted molar refractivity (Wildman–Crippen MR) is 115 cm³/mol. The molecule has 0 saturated heterocycles. The van der Waals surface area contributed by atoms with Crippen LogP contribution in [-0.2, 0) is 9.53 Å². The largest absolute Gasteiger partial charge is 0.497 e. The molecule has 2 rings (SSSR count). The summed E-state index contributed by atoms with van der Waals surface area (Å²) in [5, 5.41) is 2.76. The molecular weight excluding hydrogens is 368 g/mol. The molecular formula is C23H28N2O4. The molecule has 2 aromatic carbocycles. The van der Waals surface area contributed by atoms with E-state index in [4.69, 9.17) is 9.47 Å². The molecule has 0 atom stereocenters. The Hall–Kier alpha value is -3.12. The number of rotatable bonds is 10. The highest BCUT2D eigenvalue weighted by Crippen LogP contribution is 2.14. The number of carbonyl (C=O) groups is 2. The van der Waals surface area contributed by atoms with Crippen LogP contribution in [0.4, 0.5) is 5.69 Å². The molecule has 0 heterocycles. The van der Waals surface area contributed by atoms with Gasteiger partial charge in [-0.05, 0) is 61.1 Å². The predicted octanol–water partition coefficient (Wildman–Crippen LogP) is 3.85. The summed E-state index contributed by atoms with van der Waals surface area (Å²) in [6.07, 6.45) is 3.16. The zero-order valence-electron chi connectivity index (χ0n) is 17.2. The fraction of sp³-hybridized carbons (Fsp3) is 0.304. The number of amides is 1. The van der Waals surface area contributed by atoms with Gasteiger partial charge in [-0.3, -0.25) is 4.79 Å². The highest BCUT2D eigenvalue weighted by atomic mass is 16.5. The van der Waals surface area contributed by atoms with Crippen LogP contribution in [0.5, 0.6) is 5.75 Å². The number of benzene rings is 2. The van der Waals surface area contributed by atoms with Gasteiger partial charge < -0.3 is 19.7 Å². The zero-order valence-corrected chi connectivity index (χ0v) is 17.2. The van der Waals surface area contributed by atoms with Crippen molar-refractivity contribution in [2.75, 3.05) is 38.7 Å². The molecule has 0 bridgehead atoms. The minimum Gasteiger partial charge on any atom is -0.497 e. The van der Waals surface area contributed by atoms with Gasteiger partial charge in [-0.1, -0.05) is 26.0 Å². The molecule has 0 saturated carbocycles. The van der Waals surface area contributed by atoms with E-state index in [0.29, 0.717) is 24.4 Å². The van der Waals surface area contributed by atoms with Crippen molar-refractivity contribution in [2.24, 2.45) is 0 Å². The molecule has 0 radical (unpaired) electrons. The monoisotopic (exact) mass is 396 g/mol. The maximum atomic E-state index is 12.1. The molecule has 1 amide bonds. The highest BCUT2D eigenvalue weighted by molar-refractivity contribution is 6.02. The molecule has 0 aliphatic carbocycles. The van der Waals surface area contributed by atoms with Crippen molar-refractivity contribution in [3.8, 4) is 5.75 Å². The second kappa shape index (κ2) is 11.7. The molecule has 6 nitrogen and oxygen atoms in total. The van der Waals surface area contributed by atoms with Gasteiger partial charge in [0.05, 0.1) is 12.7 Å². The number of methoxy groups -OCH3 is 1. The minimum atomic E-state index is -0.368. The number of hydrogen-bond donors (Lipinski definition) is 1. The Morgan fingerprint density at radius 3 is 2.45 bits per heavy atom. The van der Waals surface area contributed by atoms with E-state index in [9.17, 15) is 9.59 Å². The van der Waals surface area contributed by atoms with Gasteiger partial charge in [0.2, 0.25) is 5.91 Å². The summed E-state index contributed by atoms with van der Waals surface area (Å²) in [5.74, 6) is 0.0995. The van der Waals surface area contributed by atoms with Gasteiger partial charge in [0.1, 0.15) is 12.4 Å². The third kappa shape index (κ3) is 7.43. The number of esters is 1. The molecule has 0 unspecified atom stereocenters. The van der Waals surface area contributed by atoms with Crippen molar-refractivity contribution in [3.63, 3.8) is 0 Å². The molecule has 0 aliphatic heterocycles.